The summed E-state index contributed by atoms with van der Waals surface area (Å²) in [6, 6.07) is 17.6. The highest BCUT2D eigenvalue weighted by Gasteiger charge is 2.20. The normalized spacial score (nSPS) is 11.8. The summed E-state index contributed by atoms with van der Waals surface area (Å²) < 4.78 is 0. The molecular formula is C28H26N6O2S2. The fourth-order valence-electron chi connectivity index (χ4n) is 4.20. The Kier molecular flexibility index (Phi) is 8.10. The number of carbonyl (C=O) groups is 2. The van der Waals surface area contributed by atoms with Crippen molar-refractivity contribution in [1.82, 2.24) is 30.6 Å². The van der Waals surface area contributed by atoms with Gasteiger partial charge in [0.25, 0.3) is 11.8 Å². The van der Waals surface area contributed by atoms with Crippen LogP contribution in [0, 0.1) is 0 Å². The van der Waals surface area contributed by atoms with Crippen LogP contribution in [-0.2, 0) is 0 Å². The summed E-state index contributed by atoms with van der Waals surface area (Å²) in [7, 11) is 0. The first kappa shape index (κ1) is 25.6. The van der Waals surface area contributed by atoms with E-state index in [-0.39, 0.29) is 17.9 Å². The van der Waals surface area contributed by atoms with Crippen molar-refractivity contribution in [2.24, 2.45) is 0 Å². The third-order valence-electron chi connectivity index (χ3n) is 6.18. The molecule has 1 atom stereocenters. The Labute approximate surface area is 229 Å². The van der Waals surface area contributed by atoms with Gasteiger partial charge >= 0.3 is 0 Å². The minimum atomic E-state index is -0.322. The van der Waals surface area contributed by atoms with Crippen LogP contribution < -0.4 is 10.6 Å². The number of thiazole rings is 1. The Bertz CT molecular complexity index is 1550. The predicted molar refractivity (Wildman–Crippen MR) is 152 cm³/mol. The van der Waals surface area contributed by atoms with Crippen LogP contribution in [0.25, 0.3) is 22.0 Å². The van der Waals surface area contributed by atoms with Gasteiger partial charge in [-0.2, -0.15) is 0 Å². The van der Waals surface area contributed by atoms with Gasteiger partial charge in [0.2, 0.25) is 0 Å². The summed E-state index contributed by atoms with van der Waals surface area (Å²) >= 11 is 5.54. The number of rotatable bonds is 10. The molecule has 5 aromatic rings. The number of aromatic amines is 1. The van der Waals surface area contributed by atoms with Crippen molar-refractivity contribution >= 4 is 46.6 Å². The van der Waals surface area contributed by atoms with Crippen LogP contribution in [0.3, 0.4) is 0 Å². The molecule has 0 bridgehead atoms. The molecule has 0 unspecified atom stereocenters. The van der Waals surface area contributed by atoms with Crippen molar-refractivity contribution in [3.8, 4) is 11.3 Å². The summed E-state index contributed by atoms with van der Waals surface area (Å²) in [5.41, 5.74) is 3.99. The number of unbranched alkanes of at least 4 members (excludes halogenated alkanes) is 1. The topological polar surface area (TPSA) is 113 Å². The van der Waals surface area contributed by atoms with E-state index >= 15 is 0 Å². The van der Waals surface area contributed by atoms with Crippen molar-refractivity contribution in [1.29, 1.82) is 0 Å². The second-order valence-electron chi connectivity index (χ2n) is 8.76. The number of aromatic nitrogens is 4. The highest BCUT2D eigenvalue weighted by molar-refractivity contribution is 7.80. The number of amides is 2. The molecule has 10 heteroatoms. The van der Waals surface area contributed by atoms with Gasteiger partial charge in [-0.1, -0.05) is 36.4 Å². The van der Waals surface area contributed by atoms with E-state index in [1.807, 2.05) is 12.1 Å². The van der Waals surface area contributed by atoms with Gasteiger partial charge in [0.1, 0.15) is 15.7 Å². The van der Waals surface area contributed by atoms with Crippen molar-refractivity contribution < 1.29 is 9.59 Å². The minimum absolute atomic E-state index is 0.188. The third kappa shape index (κ3) is 6.09. The van der Waals surface area contributed by atoms with E-state index in [1.165, 1.54) is 16.7 Å². The maximum atomic E-state index is 12.8. The second kappa shape index (κ2) is 12.0. The lowest BCUT2D eigenvalue weighted by atomic mass is 10.1. The van der Waals surface area contributed by atoms with E-state index in [9.17, 15) is 9.59 Å². The fraction of sp³-hybridized carbons (Fsp3) is 0.179. The van der Waals surface area contributed by atoms with Gasteiger partial charge in [-0.3, -0.25) is 14.6 Å². The molecule has 0 saturated heterocycles. The lowest BCUT2D eigenvalue weighted by Gasteiger charge is -2.16. The minimum Gasteiger partial charge on any atom is -0.352 e. The van der Waals surface area contributed by atoms with Crippen molar-refractivity contribution in [3.63, 3.8) is 0 Å². The van der Waals surface area contributed by atoms with Gasteiger partial charge in [0.15, 0.2) is 0 Å². The number of fused-ring (bicyclic) bond motifs is 1. The molecule has 0 aliphatic carbocycles. The molecule has 3 heterocycles. The molecule has 0 aliphatic rings. The lowest BCUT2D eigenvalue weighted by Crippen LogP contribution is -2.29. The van der Waals surface area contributed by atoms with E-state index in [0.717, 1.165) is 29.5 Å². The Morgan fingerprint density at radius 1 is 0.974 bits per heavy atom. The van der Waals surface area contributed by atoms with Crippen LogP contribution >= 0.6 is 24.0 Å². The van der Waals surface area contributed by atoms with Crippen LogP contribution in [0.2, 0.25) is 0 Å². The first-order valence-corrected chi connectivity index (χ1v) is 13.6. The number of nitrogens with one attached hydrogen (secondary N) is 3. The largest absolute Gasteiger partial charge is 0.352 e. The van der Waals surface area contributed by atoms with Crippen LogP contribution in [0.5, 0.6) is 0 Å². The van der Waals surface area contributed by atoms with Crippen LogP contribution in [-0.4, -0.2) is 38.3 Å². The van der Waals surface area contributed by atoms with E-state index < -0.39 is 0 Å². The number of carbonyl (C=O) groups excluding carboxylic acids is 2. The number of nitrogens with zero attached hydrogens (tertiary/aromatic N) is 3. The summed E-state index contributed by atoms with van der Waals surface area (Å²) in [5, 5.41) is 8.73. The predicted octanol–water partition coefficient (Wildman–Crippen LogP) is 5.44. The third-order valence-corrected chi connectivity index (χ3v) is 7.31. The molecule has 0 saturated carbocycles. The van der Waals surface area contributed by atoms with E-state index in [4.69, 9.17) is 0 Å². The molecule has 3 N–H and O–H groups in total. The second-order valence-corrected chi connectivity index (χ2v) is 10.1. The number of pyridine rings is 1. The average molecular weight is 543 g/mol. The highest BCUT2D eigenvalue weighted by Crippen LogP contribution is 2.26. The summed E-state index contributed by atoms with van der Waals surface area (Å²) in [6.45, 7) is 0.497. The van der Waals surface area contributed by atoms with Crippen LogP contribution in [0.15, 0.2) is 83.7 Å². The maximum absolute atomic E-state index is 12.8. The van der Waals surface area contributed by atoms with Gasteiger partial charge in [0.05, 0.1) is 35.2 Å². The van der Waals surface area contributed by atoms with Crippen molar-refractivity contribution in [2.75, 3.05) is 6.54 Å². The Morgan fingerprint density at radius 2 is 1.84 bits per heavy atom. The average Bonchev–Trinajstić information content (AvgIpc) is 3.65. The molecule has 0 aliphatic heterocycles. The molecule has 0 radical (unpaired) electrons. The molecule has 38 heavy (non-hydrogen) atoms. The molecule has 2 aromatic carbocycles. The van der Waals surface area contributed by atoms with Gasteiger partial charge in [0, 0.05) is 18.3 Å². The Hall–Kier alpha value is -4.02. The molecule has 2 amide bonds. The zero-order valence-corrected chi connectivity index (χ0v) is 22.1. The Morgan fingerprint density at radius 3 is 2.66 bits per heavy atom. The molecular weight excluding hydrogens is 516 g/mol. The van der Waals surface area contributed by atoms with Crippen LogP contribution in [0.4, 0.5) is 0 Å². The van der Waals surface area contributed by atoms with Crippen molar-refractivity contribution in [3.05, 3.63) is 95.0 Å². The molecule has 0 spiro atoms. The molecule has 0 fully saturated rings. The van der Waals surface area contributed by atoms with Gasteiger partial charge in [-0.25, -0.2) is 9.97 Å². The Balaban J connectivity index is 1.25. The van der Waals surface area contributed by atoms with E-state index in [2.05, 4.69) is 73.5 Å². The number of thiol groups is 1. The highest BCUT2D eigenvalue weighted by atomic mass is 32.1. The standard InChI is InChI=1S/C28H26N6O2S2/c35-26(21-8-5-13-31-28(21)37)30-12-4-3-9-22(34-27(36)24-16-29-17-38-24)25-32-15-23(33-25)20-11-10-18-6-1-2-7-19(18)14-20/h1-2,5-8,10-11,13-17,22H,3-4,9,12H2,(H,30,35)(H,31,37)(H,32,33)(H,34,36)/t22-/m0/s1. The smallest absolute Gasteiger partial charge is 0.263 e. The summed E-state index contributed by atoms with van der Waals surface area (Å²) in [4.78, 5) is 41.8. The monoisotopic (exact) mass is 542 g/mol. The summed E-state index contributed by atoms with van der Waals surface area (Å²) in [6.07, 6.45) is 7.10. The van der Waals surface area contributed by atoms with Gasteiger partial charge < -0.3 is 15.6 Å². The molecule has 5 rings (SSSR count). The SMILES string of the molecule is O=C(N[C@@H](CCCCNC(=O)c1cccnc1S)c1ncc(-c2ccc3ccccc3c2)[nH]1)c1cncs1. The number of H-pyrrole nitrogens is 1. The first-order valence-electron chi connectivity index (χ1n) is 12.2. The van der Waals surface area contributed by atoms with Gasteiger partial charge in [-0.05, 0) is 48.2 Å². The quantitative estimate of drug-likeness (QED) is 0.139. The maximum Gasteiger partial charge on any atom is 0.263 e. The number of hydrogen-bond acceptors (Lipinski definition) is 7. The molecule has 3 aromatic heterocycles. The number of imidazole rings is 1. The fourth-order valence-corrected chi connectivity index (χ4v) is 4.96. The molecule has 8 nitrogen and oxygen atoms in total. The van der Waals surface area contributed by atoms with E-state index in [0.29, 0.717) is 34.3 Å². The first-order chi connectivity index (χ1) is 18.6. The molecule has 192 valence electrons. The van der Waals surface area contributed by atoms with E-state index in [1.54, 1.807) is 36.2 Å². The number of hydrogen-bond donors (Lipinski definition) is 4. The van der Waals surface area contributed by atoms with Crippen molar-refractivity contribution in [2.45, 2.75) is 30.3 Å². The van der Waals surface area contributed by atoms with Crippen LogP contribution in [0.1, 0.15) is 51.2 Å². The summed E-state index contributed by atoms with van der Waals surface area (Å²) in [5.74, 6) is 0.293. The zero-order chi connectivity index (χ0) is 26.3. The number of benzene rings is 2. The lowest BCUT2D eigenvalue weighted by molar-refractivity contribution is 0.0935. The van der Waals surface area contributed by atoms with Gasteiger partial charge in [-0.15, -0.1) is 24.0 Å². The zero-order valence-electron chi connectivity index (χ0n) is 20.4.